The summed E-state index contributed by atoms with van der Waals surface area (Å²) >= 11 is 0. The number of esters is 1. The average molecular weight is 407 g/mol. The molecule has 2 saturated carbocycles. The molecule has 3 aliphatic rings. The molecule has 1 N–H and O–H groups in total. The summed E-state index contributed by atoms with van der Waals surface area (Å²) < 4.78 is 6.13. The largest absolute Gasteiger partial charge is 0.507 e. The Kier molecular flexibility index (Phi) is 6.17. The van der Waals surface area contributed by atoms with Crippen LogP contribution in [0.25, 0.3) is 0 Å². The third kappa shape index (κ3) is 3.87. The fourth-order valence-corrected chi connectivity index (χ4v) is 5.57. The molecule has 3 atom stereocenters. The van der Waals surface area contributed by atoms with E-state index in [1.54, 1.807) is 0 Å². The number of aliphatic hydroxyl groups excluding tert-OH is 1. The molecule has 4 rings (SSSR count). The summed E-state index contributed by atoms with van der Waals surface area (Å²) in [6.07, 6.45) is 14.1. The number of benzene rings is 1. The highest BCUT2D eigenvalue weighted by Gasteiger charge is 2.56. The van der Waals surface area contributed by atoms with Gasteiger partial charge < -0.3 is 9.84 Å². The lowest BCUT2D eigenvalue weighted by molar-refractivity contribution is -0.157. The first kappa shape index (κ1) is 21.0. The molecule has 0 saturated heterocycles. The van der Waals surface area contributed by atoms with Crippen LogP contribution in [0.1, 0.15) is 64.4 Å². The van der Waals surface area contributed by atoms with Gasteiger partial charge in [0, 0.05) is 11.8 Å². The van der Waals surface area contributed by atoms with E-state index in [0.717, 1.165) is 56.9 Å². The zero-order chi connectivity index (χ0) is 21.1. The molecule has 3 nitrogen and oxygen atoms in total. The van der Waals surface area contributed by atoms with Gasteiger partial charge in [-0.25, -0.2) is 4.79 Å². The zero-order valence-corrected chi connectivity index (χ0v) is 18.3. The Balaban J connectivity index is 1.66. The second-order valence-electron chi connectivity index (χ2n) is 9.11. The molecule has 3 heteroatoms. The van der Waals surface area contributed by atoms with Crippen molar-refractivity contribution in [2.75, 3.05) is 0 Å². The molecule has 1 heterocycles. The molecule has 0 radical (unpaired) electrons. The molecular formula is C27H34O3. The summed E-state index contributed by atoms with van der Waals surface area (Å²) in [7, 11) is 0. The van der Waals surface area contributed by atoms with E-state index in [1.165, 1.54) is 5.56 Å². The van der Waals surface area contributed by atoms with Gasteiger partial charge in [0.2, 0.25) is 0 Å². The van der Waals surface area contributed by atoms with Crippen molar-refractivity contribution in [3.8, 4) is 0 Å². The summed E-state index contributed by atoms with van der Waals surface area (Å²) in [4.78, 5) is 13.2. The number of hydrogen-bond donors (Lipinski definition) is 1. The van der Waals surface area contributed by atoms with Crippen molar-refractivity contribution in [2.45, 2.75) is 70.8 Å². The van der Waals surface area contributed by atoms with E-state index < -0.39 is 5.60 Å². The van der Waals surface area contributed by atoms with Crippen molar-refractivity contribution in [1.29, 1.82) is 0 Å². The second-order valence-corrected chi connectivity index (χ2v) is 9.11. The average Bonchev–Trinajstić information content (AvgIpc) is 3.57. The highest BCUT2D eigenvalue weighted by molar-refractivity contribution is 5.94. The van der Waals surface area contributed by atoms with Crippen molar-refractivity contribution >= 4 is 5.97 Å². The van der Waals surface area contributed by atoms with Gasteiger partial charge in [0.15, 0.2) is 5.60 Å². The molecule has 1 aromatic carbocycles. The number of aliphatic hydroxyl groups is 1. The second kappa shape index (κ2) is 8.83. The van der Waals surface area contributed by atoms with E-state index in [0.29, 0.717) is 11.5 Å². The Morgan fingerprint density at radius 1 is 1.20 bits per heavy atom. The monoisotopic (exact) mass is 406 g/mol. The van der Waals surface area contributed by atoms with E-state index in [2.05, 4.69) is 36.4 Å². The topological polar surface area (TPSA) is 46.5 Å². The van der Waals surface area contributed by atoms with Gasteiger partial charge in [-0.2, -0.15) is 0 Å². The summed E-state index contributed by atoms with van der Waals surface area (Å²) in [5.74, 6) is 0.503. The lowest BCUT2D eigenvalue weighted by Crippen LogP contribution is -2.43. The maximum absolute atomic E-state index is 13.2. The van der Waals surface area contributed by atoms with Crippen molar-refractivity contribution in [1.82, 2.24) is 0 Å². The number of carbonyl (C=O) groups excluding carboxylic acids is 1. The fourth-order valence-electron chi connectivity index (χ4n) is 5.57. The van der Waals surface area contributed by atoms with Crippen LogP contribution in [0.4, 0.5) is 0 Å². The van der Waals surface area contributed by atoms with Crippen LogP contribution in [-0.4, -0.2) is 16.7 Å². The standard InChI is InChI=1S/C27H34O3/c1-3-10-20(4-2)23(21-15-16-21)24-25(28)27(30-26(24)29)18-9-8-13-22(27)17-14-19-11-6-5-7-12-19/h3-7,10-12,21-23,28H,8-9,13-18H2,1-2H3/b10-3-,20-4+. The van der Waals surface area contributed by atoms with Gasteiger partial charge in [-0.15, -0.1) is 0 Å². The summed E-state index contributed by atoms with van der Waals surface area (Å²) in [5.41, 5.74) is 2.13. The first-order valence-electron chi connectivity index (χ1n) is 11.6. The Morgan fingerprint density at radius 3 is 2.63 bits per heavy atom. The lowest BCUT2D eigenvalue weighted by atomic mass is 9.70. The van der Waals surface area contributed by atoms with Gasteiger partial charge in [-0.1, -0.05) is 55.0 Å². The number of rotatable bonds is 7. The van der Waals surface area contributed by atoms with E-state index in [-0.39, 0.29) is 23.6 Å². The smallest absolute Gasteiger partial charge is 0.339 e. The molecule has 2 aliphatic carbocycles. The molecule has 2 fully saturated rings. The van der Waals surface area contributed by atoms with Gasteiger partial charge in [0.05, 0.1) is 5.57 Å². The normalized spacial score (nSPS) is 28.4. The van der Waals surface area contributed by atoms with Crippen LogP contribution >= 0.6 is 0 Å². The van der Waals surface area contributed by atoms with Crippen LogP contribution in [0.2, 0.25) is 0 Å². The maximum Gasteiger partial charge on any atom is 0.339 e. The maximum atomic E-state index is 13.2. The van der Waals surface area contributed by atoms with Gasteiger partial charge >= 0.3 is 5.97 Å². The van der Waals surface area contributed by atoms with Gasteiger partial charge in [-0.3, -0.25) is 0 Å². The lowest BCUT2D eigenvalue weighted by Gasteiger charge is -2.40. The molecule has 1 aliphatic heterocycles. The molecule has 30 heavy (non-hydrogen) atoms. The van der Waals surface area contributed by atoms with Crippen LogP contribution in [0, 0.1) is 17.8 Å². The molecular weight excluding hydrogens is 372 g/mol. The van der Waals surface area contributed by atoms with Crippen LogP contribution < -0.4 is 0 Å². The molecule has 0 amide bonds. The summed E-state index contributed by atoms with van der Waals surface area (Å²) in [6, 6.07) is 10.5. The minimum Gasteiger partial charge on any atom is -0.507 e. The Bertz CT molecular complexity index is 859. The molecule has 1 spiro atoms. The van der Waals surface area contributed by atoms with E-state index in [4.69, 9.17) is 4.74 Å². The highest BCUT2D eigenvalue weighted by atomic mass is 16.6. The molecule has 0 aromatic heterocycles. The predicted molar refractivity (Wildman–Crippen MR) is 120 cm³/mol. The van der Waals surface area contributed by atoms with Crippen molar-refractivity contribution in [3.63, 3.8) is 0 Å². The Hall–Kier alpha value is -2.29. The first-order valence-corrected chi connectivity index (χ1v) is 11.6. The first-order chi connectivity index (χ1) is 14.6. The van der Waals surface area contributed by atoms with E-state index in [9.17, 15) is 9.90 Å². The highest BCUT2D eigenvalue weighted by Crippen LogP contribution is 2.53. The SMILES string of the molecule is C/C=C\C(=C/C)C(C1=C(O)C2(CCCCC2CCc2ccccc2)OC1=O)C1CC1. The number of aryl methyl sites for hydroxylation is 1. The van der Waals surface area contributed by atoms with E-state index >= 15 is 0 Å². The zero-order valence-electron chi connectivity index (χ0n) is 18.3. The molecule has 0 bridgehead atoms. The fraction of sp³-hybridized carbons (Fsp3) is 0.519. The minimum absolute atomic E-state index is 0.0465. The Morgan fingerprint density at radius 2 is 1.97 bits per heavy atom. The molecule has 3 unspecified atom stereocenters. The third-order valence-corrected chi connectivity index (χ3v) is 7.24. The van der Waals surface area contributed by atoms with Gasteiger partial charge in [-0.05, 0) is 75.8 Å². The molecule has 1 aromatic rings. The van der Waals surface area contributed by atoms with Crippen LogP contribution in [0.15, 0.2) is 65.5 Å². The van der Waals surface area contributed by atoms with Crippen LogP contribution in [0.5, 0.6) is 0 Å². The quantitative estimate of drug-likeness (QED) is 0.417. The van der Waals surface area contributed by atoms with Crippen molar-refractivity contribution in [3.05, 3.63) is 71.0 Å². The van der Waals surface area contributed by atoms with Crippen molar-refractivity contribution < 1.29 is 14.6 Å². The van der Waals surface area contributed by atoms with Crippen LogP contribution in [-0.2, 0) is 16.0 Å². The van der Waals surface area contributed by atoms with Gasteiger partial charge in [0.25, 0.3) is 0 Å². The number of allylic oxidation sites excluding steroid dienone is 4. The van der Waals surface area contributed by atoms with E-state index in [1.807, 2.05) is 26.0 Å². The van der Waals surface area contributed by atoms with Crippen molar-refractivity contribution in [2.24, 2.45) is 17.8 Å². The minimum atomic E-state index is -0.818. The van der Waals surface area contributed by atoms with Gasteiger partial charge in [0.1, 0.15) is 5.76 Å². The number of ether oxygens (including phenoxy) is 1. The summed E-state index contributed by atoms with van der Waals surface area (Å²) in [5, 5.41) is 11.5. The van der Waals surface area contributed by atoms with Crippen LogP contribution in [0.3, 0.4) is 0 Å². The third-order valence-electron chi connectivity index (χ3n) is 7.24. The Labute approximate surface area is 180 Å². The number of carbonyl (C=O) groups is 1. The summed E-state index contributed by atoms with van der Waals surface area (Å²) in [6.45, 7) is 4.01. The predicted octanol–water partition coefficient (Wildman–Crippen LogP) is 6.47. The molecule has 160 valence electrons. The number of hydrogen-bond acceptors (Lipinski definition) is 3.